The number of hydrogen-bond donors (Lipinski definition) is 1. The Morgan fingerprint density at radius 1 is 1.37 bits per heavy atom. The summed E-state index contributed by atoms with van der Waals surface area (Å²) >= 11 is 1.44. The summed E-state index contributed by atoms with van der Waals surface area (Å²) < 4.78 is 2.69. The molecule has 0 spiro atoms. The van der Waals surface area contributed by atoms with Crippen LogP contribution in [0.15, 0.2) is 29.1 Å². The normalized spacial score (nSPS) is 22.9. The summed E-state index contributed by atoms with van der Waals surface area (Å²) in [6, 6.07) is 7.53. The van der Waals surface area contributed by atoms with Gasteiger partial charge in [-0.3, -0.25) is 13.5 Å². The average Bonchev–Trinajstić information content (AvgIpc) is 2.97. The van der Waals surface area contributed by atoms with E-state index in [1.54, 1.807) is 3.96 Å². The third-order valence-electron chi connectivity index (χ3n) is 3.93. The molecule has 1 aliphatic rings. The Labute approximate surface area is 114 Å². The van der Waals surface area contributed by atoms with E-state index in [-0.39, 0.29) is 17.4 Å². The molecule has 0 amide bonds. The summed E-state index contributed by atoms with van der Waals surface area (Å²) in [7, 11) is 0. The van der Waals surface area contributed by atoms with Crippen LogP contribution in [0.2, 0.25) is 0 Å². The van der Waals surface area contributed by atoms with Gasteiger partial charge in [-0.25, -0.2) is 0 Å². The first-order chi connectivity index (χ1) is 9.16. The number of rotatable bonds is 3. The van der Waals surface area contributed by atoms with E-state index < -0.39 is 5.97 Å². The highest BCUT2D eigenvalue weighted by Gasteiger charge is 2.33. The monoisotopic (exact) mass is 277 g/mol. The SMILES string of the molecule is O=C(O)C1CCCC1Cn1sc2ccccc2c1=O. The number of carboxylic acids is 1. The Kier molecular flexibility index (Phi) is 3.14. The van der Waals surface area contributed by atoms with Crippen molar-refractivity contribution in [1.29, 1.82) is 0 Å². The Morgan fingerprint density at radius 3 is 2.89 bits per heavy atom. The molecule has 2 aromatic rings. The molecule has 1 aromatic carbocycles. The van der Waals surface area contributed by atoms with Gasteiger partial charge in [0.1, 0.15) is 0 Å². The Bertz CT molecular complexity index is 673. The van der Waals surface area contributed by atoms with Crippen molar-refractivity contribution in [2.75, 3.05) is 0 Å². The molecule has 19 heavy (non-hydrogen) atoms. The molecule has 1 aliphatic carbocycles. The molecule has 1 aromatic heterocycles. The number of aromatic nitrogens is 1. The largest absolute Gasteiger partial charge is 0.481 e. The van der Waals surface area contributed by atoms with E-state index in [9.17, 15) is 14.7 Å². The van der Waals surface area contributed by atoms with E-state index in [1.807, 2.05) is 24.3 Å². The van der Waals surface area contributed by atoms with Crippen LogP contribution in [0.25, 0.3) is 10.1 Å². The summed E-state index contributed by atoms with van der Waals surface area (Å²) in [6.45, 7) is 0.537. The van der Waals surface area contributed by atoms with Crippen molar-refractivity contribution < 1.29 is 9.90 Å². The molecule has 1 heterocycles. The van der Waals surface area contributed by atoms with Gasteiger partial charge in [-0.15, -0.1) is 0 Å². The van der Waals surface area contributed by atoms with Crippen LogP contribution in [0.4, 0.5) is 0 Å². The fraction of sp³-hybridized carbons (Fsp3) is 0.429. The maximum atomic E-state index is 12.2. The fourth-order valence-corrected chi connectivity index (χ4v) is 4.01. The summed E-state index contributed by atoms with van der Waals surface area (Å²) in [5, 5.41) is 9.92. The number of benzene rings is 1. The van der Waals surface area contributed by atoms with Gasteiger partial charge in [-0.2, -0.15) is 0 Å². The average molecular weight is 277 g/mol. The maximum Gasteiger partial charge on any atom is 0.306 e. The maximum absolute atomic E-state index is 12.2. The first-order valence-electron chi connectivity index (χ1n) is 6.48. The molecule has 1 N–H and O–H groups in total. The van der Waals surface area contributed by atoms with Gasteiger partial charge in [-0.1, -0.05) is 30.1 Å². The van der Waals surface area contributed by atoms with Crippen molar-refractivity contribution in [2.24, 2.45) is 11.8 Å². The van der Waals surface area contributed by atoms with Crippen molar-refractivity contribution in [1.82, 2.24) is 3.96 Å². The van der Waals surface area contributed by atoms with Crippen molar-refractivity contribution in [3.63, 3.8) is 0 Å². The fourth-order valence-electron chi connectivity index (χ4n) is 2.93. The second-order valence-corrected chi connectivity index (χ2v) is 6.15. The molecule has 2 atom stereocenters. The first-order valence-corrected chi connectivity index (χ1v) is 7.26. The quantitative estimate of drug-likeness (QED) is 0.938. The molecule has 0 radical (unpaired) electrons. The number of hydrogen-bond acceptors (Lipinski definition) is 3. The van der Waals surface area contributed by atoms with Crippen molar-refractivity contribution in [3.05, 3.63) is 34.6 Å². The summed E-state index contributed by atoms with van der Waals surface area (Å²) in [5.41, 5.74) is 0.0108. The Balaban J connectivity index is 1.91. The zero-order valence-corrected chi connectivity index (χ0v) is 11.2. The zero-order valence-electron chi connectivity index (χ0n) is 10.4. The molecule has 5 heteroatoms. The second kappa shape index (κ2) is 4.81. The molecule has 1 saturated carbocycles. The van der Waals surface area contributed by atoms with Crippen molar-refractivity contribution >= 4 is 27.6 Å². The lowest BCUT2D eigenvalue weighted by Gasteiger charge is -2.14. The number of nitrogens with zero attached hydrogens (tertiary/aromatic N) is 1. The number of aliphatic carboxylic acids is 1. The first kappa shape index (κ1) is 12.4. The predicted molar refractivity (Wildman–Crippen MR) is 74.6 cm³/mol. The van der Waals surface area contributed by atoms with Gasteiger partial charge in [-0.05, 0) is 30.9 Å². The van der Waals surface area contributed by atoms with E-state index in [2.05, 4.69) is 0 Å². The molecule has 0 bridgehead atoms. The van der Waals surface area contributed by atoms with Crippen LogP contribution in [-0.4, -0.2) is 15.0 Å². The number of carboxylic acid groups (broad SMARTS) is 1. The van der Waals surface area contributed by atoms with Crippen molar-refractivity contribution in [2.45, 2.75) is 25.8 Å². The van der Waals surface area contributed by atoms with E-state index in [1.165, 1.54) is 11.5 Å². The molecule has 100 valence electrons. The van der Waals surface area contributed by atoms with Crippen LogP contribution in [0, 0.1) is 11.8 Å². The molecule has 0 aliphatic heterocycles. The Hall–Kier alpha value is -1.62. The summed E-state index contributed by atoms with van der Waals surface area (Å²) in [4.78, 5) is 23.4. The van der Waals surface area contributed by atoms with E-state index in [4.69, 9.17) is 0 Å². The molecular formula is C14H15NO3S. The van der Waals surface area contributed by atoms with E-state index >= 15 is 0 Å². The Morgan fingerprint density at radius 2 is 2.16 bits per heavy atom. The predicted octanol–water partition coefficient (Wildman–Crippen LogP) is 2.56. The minimum atomic E-state index is -0.725. The minimum Gasteiger partial charge on any atom is -0.481 e. The van der Waals surface area contributed by atoms with Gasteiger partial charge in [0.05, 0.1) is 16.0 Å². The smallest absolute Gasteiger partial charge is 0.306 e. The van der Waals surface area contributed by atoms with Gasteiger partial charge in [0.15, 0.2) is 0 Å². The van der Waals surface area contributed by atoms with Crippen LogP contribution >= 0.6 is 11.5 Å². The van der Waals surface area contributed by atoms with Crippen LogP contribution in [-0.2, 0) is 11.3 Å². The van der Waals surface area contributed by atoms with Crippen molar-refractivity contribution in [3.8, 4) is 0 Å². The molecule has 3 rings (SSSR count). The van der Waals surface area contributed by atoms with E-state index in [0.29, 0.717) is 6.54 Å². The highest BCUT2D eigenvalue weighted by molar-refractivity contribution is 7.13. The molecule has 0 saturated heterocycles. The van der Waals surface area contributed by atoms with Crippen LogP contribution in [0.5, 0.6) is 0 Å². The highest BCUT2D eigenvalue weighted by atomic mass is 32.1. The van der Waals surface area contributed by atoms with Crippen LogP contribution < -0.4 is 5.56 Å². The summed E-state index contributed by atoms with van der Waals surface area (Å²) in [6.07, 6.45) is 2.58. The van der Waals surface area contributed by atoms with Gasteiger partial charge in [0, 0.05) is 6.54 Å². The number of fused-ring (bicyclic) bond motifs is 1. The third-order valence-corrected chi connectivity index (χ3v) is 5.02. The number of carbonyl (C=O) groups is 1. The summed E-state index contributed by atoms with van der Waals surface area (Å²) in [5.74, 6) is -0.933. The van der Waals surface area contributed by atoms with Crippen LogP contribution in [0.3, 0.4) is 0 Å². The van der Waals surface area contributed by atoms with Gasteiger partial charge >= 0.3 is 5.97 Å². The lowest BCUT2D eigenvalue weighted by molar-refractivity contribution is -0.143. The minimum absolute atomic E-state index is 0.0108. The van der Waals surface area contributed by atoms with Gasteiger partial charge < -0.3 is 5.11 Å². The molecule has 4 nitrogen and oxygen atoms in total. The molecule has 2 unspecified atom stereocenters. The molecule has 1 fully saturated rings. The zero-order chi connectivity index (χ0) is 13.4. The third kappa shape index (κ3) is 2.18. The molecular weight excluding hydrogens is 262 g/mol. The van der Waals surface area contributed by atoms with E-state index in [0.717, 1.165) is 29.3 Å². The van der Waals surface area contributed by atoms with Gasteiger partial charge in [0.2, 0.25) is 0 Å². The highest BCUT2D eigenvalue weighted by Crippen LogP contribution is 2.33. The van der Waals surface area contributed by atoms with Crippen LogP contribution in [0.1, 0.15) is 19.3 Å². The lowest BCUT2D eigenvalue weighted by atomic mass is 9.96. The lowest BCUT2D eigenvalue weighted by Crippen LogP contribution is -2.25. The second-order valence-electron chi connectivity index (χ2n) is 5.09. The van der Waals surface area contributed by atoms with Gasteiger partial charge in [0.25, 0.3) is 5.56 Å². The topological polar surface area (TPSA) is 59.3 Å². The standard InChI is InChI=1S/C14H15NO3S/c16-13-11-5-1-2-7-12(11)19-15(13)8-9-4-3-6-10(9)14(17)18/h1-2,5,7,9-10H,3-4,6,8H2,(H,17,18).